The van der Waals surface area contributed by atoms with Crippen molar-refractivity contribution in [2.75, 3.05) is 27.2 Å². The SMILES string of the molecule is COc1cccc(CC(=O)NCCN(C)C(=O)OC(C)(C)C)c1. The van der Waals surface area contributed by atoms with Crippen LogP contribution in [0.1, 0.15) is 26.3 Å². The molecule has 0 radical (unpaired) electrons. The van der Waals surface area contributed by atoms with Gasteiger partial charge in [-0.3, -0.25) is 4.79 Å². The highest BCUT2D eigenvalue weighted by atomic mass is 16.6. The Bertz CT molecular complexity index is 538. The van der Waals surface area contributed by atoms with Crippen molar-refractivity contribution in [3.8, 4) is 5.75 Å². The maximum atomic E-state index is 11.9. The highest BCUT2D eigenvalue weighted by molar-refractivity contribution is 5.78. The molecular formula is C17H26N2O4. The zero-order valence-corrected chi connectivity index (χ0v) is 14.5. The normalized spacial score (nSPS) is 10.8. The first kappa shape index (κ1) is 18.8. The maximum absolute atomic E-state index is 11.9. The summed E-state index contributed by atoms with van der Waals surface area (Å²) in [5, 5.41) is 2.79. The number of hydrogen-bond acceptors (Lipinski definition) is 4. The van der Waals surface area contributed by atoms with Crippen LogP contribution in [0.4, 0.5) is 4.79 Å². The second kappa shape index (κ2) is 8.41. The van der Waals surface area contributed by atoms with Gasteiger partial charge in [0.15, 0.2) is 0 Å². The zero-order chi connectivity index (χ0) is 17.5. The van der Waals surface area contributed by atoms with Crippen molar-refractivity contribution < 1.29 is 19.1 Å². The second-order valence-electron chi connectivity index (χ2n) is 6.28. The first-order valence-electron chi connectivity index (χ1n) is 7.55. The van der Waals surface area contributed by atoms with Crippen molar-refractivity contribution in [3.05, 3.63) is 29.8 Å². The predicted molar refractivity (Wildman–Crippen MR) is 88.6 cm³/mol. The lowest BCUT2D eigenvalue weighted by atomic mass is 10.1. The monoisotopic (exact) mass is 322 g/mol. The van der Waals surface area contributed by atoms with Gasteiger partial charge >= 0.3 is 6.09 Å². The summed E-state index contributed by atoms with van der Waals surface area (Å²) < 4.78 is 10.4. The molecular weight excluding hydrogens is 296 g/mol. The number of rotatable bonds is 6. The third-order valence-electron chi connectivity index (χ3n) is 2.97. The third kappa shape index (κ3) is 7.54. The average Bonchev–Trinajstić information content (AvgIpc) is 2.45. The first-order chi connectivity index (χ1) is 10.7. The van der Waals surface area contributed by atoms with Crippen LogP contribution in [0, 0.1) is 0 Å². The molecule has 1 aromatic rings. The van der Waals surface area contributed by atoms with Gasteiger partial charge in [0.2, 0.25) is 5.91 Å². The summed E-state index contributed by atoms with van der Waals surface area (Å²) in [4.78, 5) is 25.1. The Balaban J connectivity index is 2.34. The van der Waals surface area contributed by atoms with Crippen molar-refractivity contribution in [2.24, 2.45) is 0 Å². The van der Waals surface area contributed by atoms with Gasteiger partial charge in [-0.15, -0.1) is 0 Å². The fourth-order valence-corrected chi connectivity index (χ4v) is 1.82. The first-order valence-corrected chi connectivity index (χ1v) is 7.55. The van der Waals surface area contributed by atoms with E-state index in [2.05, 4.69) is 5.32 Å². The summed E-state index contributed by atoms with van der Waals surface area (Å²) in [6.07, 6.45) is -0.132. The highest BCUT2D eigenvalue weighted by Gasteiger charge is 2.19. The molecule has 0 saturated carbocycles. The Kier molecular flexibility index (Phi) is 6.88. The predicted octanol–water partition coefficient (Wildman–Crippen LogP) is 2.22. The van der Waals surface area contributed by atoms with Crippen LogP contribution in [-0.4, -0.2) is 49.7 Å². The molecule has 0 saturated heterocycles. The lowest BCUT2D eigenvalue weighted by Crippen LogP contribution is -2.39. The second-order valence-corrected chi connectivity index (χ2v) is 6.28. The fourth-order valence-electron chi connectivity index (χ4n) is 1.82. The molecule has 0 aliphatic carbocycles. The van der Waals surface area contributed by atoms with Gasteiger partial charge in [-0.25, -0.2) is 4.79 Å². The molecule has 2 amide bonds. The molecule has 0 aliphatic rings. The van der Waals surface area contributed by atoms with Crippen LogP contribution < -0.4 is 10.1 Å². The molecule has 1 aromatic carbocycles. The van der Waals surface area contributed by atoms with Crippen molar-refractivity contribution in [1.29, 1.82) is 0 Å². The number of nitrogens with one attached hydrogen (secondary N) is 1. The van der Waals surface area contributed by atoms with Gasteiger partial charge in [-0.2, -0.15) is 0 Å². The molecule has 6 nitrogen and oxygen atoms in total. The van der Waals surface area contributed by atoms with E-state index in [9.17, 15) is 9.59 Å². The van der Waals surface area contributed by atoms with Crippen LogP contribution in [-0.2, 0) is 16.0 Å². The number of hydrogen-bond donors (Lipinski definition) is 1. The van der Waals surface area contributed by atoms with Gasteiger partial charge in [-0.1, -0.05) is 12.1 Å². The summed E-state index contributed by atoms with van der Waals surface area (Å²) in [5.74, 6) is 0.621. The van der Waals surface area contributed by atoms with Gasteiger partial charge in [0.1, 0.15) is 11.4 Å². The molecule has 1 N–H and O–H groups in total. The van der Waals surface area contributed by atoms with Gasteiger partial charge in [0.05, 0.1) is 13.5 Å². The molecule has 23 heavy (non-hydrogen) atoms. The maximum Gasteiger partial charge on any atom is 0.410 e. The Labute approximate surface area is 137 Å². The molecule has 0 aromatic heterocycles. The van der Waals surface area contributed by atoms with Crippen molar-refractivity contribution in [1.82, 2.24) is 10.2 Å². The standard InChI is InChI=1S/C17H26N2O4/c1-17(2,3)23-16(21)19(4)10-9-18-15(20)12-13-7-6-8-14(11-13)22-5/h6-8,11H,9-10,12H2,1-5H3,(H,18,20). The van der Waals surface area contributed by atoms with Crippen molar-refractivity contribution in [2.45, 2.75) is 32.8 Å². The summed E-state index contributed by atoms with van der Waals surface area (Å²) in [5.41, 5.74) is 0.350. The summed E-state index contributed by atoms with van der Waals surface area (Å²) >= 11 is 0. The topological polar surface area (TPSA) is 67.9 Å². The van der Waals surface area contributed by atoms with Crippen molar-refractivity contribution in [3.63, 3.8) is 0 Å². The summed E-state index contributed by atoms with van der Waals surface area (Å²) in [6, 6.07) is 7.37. The molecule has 0 atom stereocenters. The van der Waals surface area contributed by atoms with Gasteiger partial charge in [0.25, 0.3) is 0 Å². The molecule has 0 aliphatic heterocycles. The van der Waals surface area contributed by atoms with Gasteiger partial charge in [0, 0.05) is 20.1 Å². The molecule has 0 unspecified atom stereocenters. The lowest BCUT2D eigenvalue weighted by molar-refractivity contribution is -0.120. The summed E-state index contributed by atoms with van der Waals surface area (Å²) in [6.45, 7) is 6.20. The number of ether oxygens (including phenoxy) is 2. The molecule has 0 spiro atoms. The fraction of sp³-hybridized carbons (Fsp3) is 0.529. The van der Waals surface area contributed by atoms with E-state index in [0.29, 0.717) is 13.1 Å². The summed E-state index contributed by atoms with van der Waals surface area (Å²) in [7, 11) is 3.23. The lowest BCUT2D eigenvalue weighted by Gasteiger charge is -2.24. The minimum Gasteiger partial charge on any atom is -0.497 e. The van der Waals surface area contributed by atoms with Crippen LogP contribution in [0.2, 0.25) is 0 Å². The minimum atomic E-state index is -0.527. The Morgan fingerprint density at radius 2 is 1.96 bits per heavy atom. The zero-order valence-electron chi connectivity index (χ0n) is 14.5. The Morgan fingerprint density at radius 1 is 1.26 bits per heavy atom. The van der Waals surface area contributed by atoms with Crippen LogP contribution in [0.3, 0.4) is 0 Å². The number of amides is 2. The minimum absolute atomic E-state index is 0.101. The van der Waals surface area contributed by atoms with Crippen LogP contribution >= 0.6 is 0 Å². The molecule has 0 bridgehead atoms. The van der Waals surface area contributed by atoms with E-state index in [-0.39, 0.29) is 12.3 Å². The van der Waals surface area contributed by atoms with Crippen LogP contribution in [0.15, 0.2) is 24.3 Å². The van der Waals surface area contributed by atoms with E-state index >= 15 is 0 Å². The Hall–Kier alpha value is -2.24. The van der Waals surface area contributed by atoms with E-state index < -0.39 is 11.7 Å². The molecule has 128 valence electrons. The number of carbonyl (C=O) groups excluding carboxylic acids is 2. The van der Waals surface area contributed by atoms with Crippen molar-refractivity contribution >= 4 is 12.0 Å². The van der Waals surface area contributed by atoms with Gasteiger partial charge < -0.3 is 19.7 Å². The molecule has 0 fully saturated rings. The molecule has 1 rings (SSSR count). The van der Waals surface area contributed by atoms with Gasteiger partial charge in [-0.05, 0) is 38.5 Å². The van der Waals surface area contributed by atoms with Crippen LogP contribution in [0.5, 0.6) is 5.75 Å². The van der Waals surface area contributed by atoms with E-state index in [1.54, 1.807) is 14.2 Å². The van der Waals surface area contributed by atoms with Crippen LogP contribution in [0.25, 0.3) is 0 Å². The van der Waals surface area contributed by atoms with E-state index in [1.807, 2.05) is 45.0 Å². The van der Waals surface area contributed by atoms with E-state index in [4.69, 9.17) is 9.47 Å². The molecule has 0 heterocycles. The Morgan fingerprint density at radius 3 is 2.57 bits per heavy atom. The largest absolute Gasteiger partial charge is 0.497 e. The number of likely N-dealkylation sites (N-methyl/N-ethyl adjacent to an activating group) is 1. The molecule has 6 heteroatoms. The smallest absolute Gasteiger partial charge is 0.410 e. The quantitative estimate of drug-likeness (QED) is 0.872. The number of methoxy groups -OCH3 is 1. The van der Waals surface area contributed by atoms with E-state index in [0.717, 1.165) is 11.3 Å². The number of nitrogens with zero attached hydrogens (tertiary/aromatic N) is 1. The third-order valence-corrected chi connectivity index (χ3v) is 2.97. The van der Waals surface area contributed by atoms with E-state index in [1.165, 1.54) is 4.90 Å². The average molecular weight is 322 g/mol. The number of carbonyl (C=O) groups is 2. The highest BCUT2D eigenvalue weighted by Crippen LogP contribution is 2.12. The number of benzene rings is 1.